The summed E-state index contributed by atoms with van der Waals surface area (Å²) in [4.78, 5) is 11.8. The Hall–Kier alpha value is -0.870. The Morgan fingerprint density at radius 2 is 2.06 bits per heavy atom. The molecule has 2 atom stereocenters. The Morgan fingerprint density at radius 1 is 1.41 bits per heavy atom. The molecular weight excluding hydrogens is 280 g/mol. The van der Waals surface area contributed by atoms with Gasteiger partial charge in [-0.25, -0.2) is 0 Å². The van der Waals surface area contributed by atoms with Gasteiger partial charge in [-0.3, -0.25) is 4.79 Å². The van der Waals surface area contributed by atoms with Crippen LogP contribution in [0.4, 0.5) is 0 Å². The predicted octanol–water partition coefficient (Wildman–Crippen LogP) is 2.61. The quantitative estimate of drug-likeness (QED) is 0.878. The van der Waals surface area contributed by atoms with Gasteiger partial charge in [0.05, 0.1) is 6.04 Å². The molecule has 4 heteroatoms. The molecule has 0 saturated heterocycles. The smallest absolute Gasteiger partial charge is 0.223 e. The number of amides is 1. The standard InChI is InChI=1S/C13H19BrN2O/c1-9(7-8-15)13(17)16-10(2)11-5-3-4-6-12(11)14/h3-6,9-10H,7-8,15H2,1-2H3,(H,16,17). The summed E-state index contributed by atoms with van der Waals surface area (Å²) in [5, 5.41) is 3.00. The Morgan fingerprint density at radius 3 is 2.65 bits per heavy atom. The van der Waals surface area contributed by atoms with E-state index in [9.17, 15) is 4.79 Å². The molecule has 0 bridgehead atoms. The topological polar surface area (TPSA) is 55.1 Å². The Bertz CT molecular complexity index is 381. The van der Waals surface area contributed by atoms with Crippen LogP contribution in [-0.4, -0.2) is 12.5 Å². The fourth-order valence-electron chi connectivity index (χ4n) is 1.64. The van der Waals surface area contributed by atoms with Crippen LogP contribution in [-0.2, 0) is 4.79 Å². The molecule has 2 unspecified atom stereocenters. The van der Waals surface area contributed by atoms with Gasteiger partial charge in [0.25, 0.3) is 0 Å². The lowest BCUT2D eigenvalue weighted by Crippen LogP contribution is -2.32. The van der Waals surface area contributed by atoms with Gasteiger partial charge < -0.3 is 11.1 Å². The van der Waals surface area contributed by atoms with E-state index < -0.39 is 0 Å². The number of benzene rings is 1. The molecule has 94 valence electrons. The van der Waals surface area contributed by atoms with Gasteiger partial charge >= 0.3 is 0 Å². The minimum atomic E-state index is -0.0371. The molecule has 0 aliphatic rings. The minimum absolute atomic E-state index is 0.00157. The number of hydrogen-bond acceptors (Lipinski definition) is 2. The molecule has 0 aromatic heterocycles. The Balaban J connectivity index is 2.63. The third-order valence-electron chi connectivity index (χ3n) is 2.78. The lowest BCUT2D eigenvalue weighted by Gasteiger charge is -2.18. The van der Waals surface area contributed by atoms with Gasteiger partial charge in [-0.05, 0) is 31.5 Å². The highest BCUT2D eigenvalue weighted by atomic mass is 79.9. The molecule has 0 radical (unpaired) electrons. The average Bonchev–Trinajstić information content (AvgIpc) is 2.29. The number of carbonyl (C=O) groups excluding carboxylic acids is 1. The molecule has 0 fully saturated rings. The highest BCUT2D eigenvalue weighted by Gasteiger charge is 2.16. The van der Waals surface area contributed by atoms with E-state index in [1.54, 1.807) is 0 Å². The van der Waals surface area contributed by atoms with Crippen molar-refractivity contribution in [3.8, 4) is 0 Å². The second kappa shape index (κ2) is 6.77. The van der Waals surface area contributed by atoms with Crippen molar-refractivity contribution in [2.75, 3.05) is 6.54 Å². The number of nitrogens with one attached hydrogen (secondary N) is 1. The van der Waals surface area contributed by atoms with Crippen LogP contribution < -0.4 is 11.1 Å². The maximum atomic E-state index is 11.8. The second-order valence-corrected chi connectivity index (χ2v) is 5.08. The summed E-state index contributed by atoms with van der Waals surface area (Å²) in [6.07, 6.45) is 0.717. The summed E-state index contributed by atoms with van der Waals surface area (Å²) in [6.45, 7) is 4.42. The molecule has 3 nitrogen and oxygen atoms in total. The molecule has 1 aromatic carbocycles. The van der Waals surface area contributed by atoms with Crippen molar-refractivity contribution >= 4 is 21.8 Å². The SMILES string of the molecule is CC(CCN)C(=O)NC(C)c1ccccc1Br. The Kier molecular flexibility index (Phi) is 5.65. The van der Waals surface area contributed by atoms with E-state index in [-0.39, 0.29) is 17.9 Å². The van der Waals surface area contributed by atoms with E-state index in [1.165, 1.54) is 0 Å². The van der Waals surface area contributed by atoms with Crippen molar-refractivity contribution in [3.63, 3.8) is 0 Å². The van der Waals surface area contributed by atoms with Crippen LogP contribution in [0, 0.1) is 5.92 Å². The number of rotatable bonds is 5. The third-order valence-corrected chi connectivity index (χ3v) is 3.50. The van der Waals surface area contributed by atoms with Crippen molar-refractivity contribution in [1.82, 2.24) is 5.32 Å². The van der Waals surface area contributed by atoms with Crippen LogP contribution >= 0.6 is 15.9 Å². The summed E-state index contributed by atoms with van der Waals surface area (Å²) in [5.41, 5.74) is 6.53. The normalized spacial score (nSPS) is 14.1. The number of hydrogen-bond donors (Lipinski definition) is 2. The third kappa shape index (κ3) is 4.13. The van der Waals surface area contributed by atoms with Gasteiger partial charge in [-0.1, -0.05) is 41.1 Å². The first-order valence-electron chi connectivity index (χ1n) is 5.81. The van der Waals surface area contributed by atoms with E-state index in [2.05, 4.69) is 21.2 Å². The number of nitrogens with two attached hydrogens (primary N) is 1. The van der Waals surface area contributed by atoms with Crippen molar-refractivity contribution < 1.29 is 4.79 Å². The molecular formula is C13H19BrN2O. The lowest BCUT2D eigenvalue weighted by atomic mass is 10.0. The van der Waals surface area contributed by atoms with Crippen LogP contribution in [0.2, 0.25) is 0 Å². The fraction of sp³-hybridized carbons (Fsp3) is 0.462. The maximum Gasteiger partial charge on any atom is 0.223 e. The number of carbonyl (C=O) groups is 1. The van der Waals surface area contributed by atoms with E-state index >= 15 is 0 Å². The van der Waals surface area contributed by atoms with E-state index in [0.717, 1.165) is 10.0 Å². The molecule has 0 aliphatic carbocycles. The van der Waals surface area contributed by atoms with Crippen LogP contribution in [0.3, 0.4) is 0 Å². The largest absolute Gasteiger partial charge is 0.349 e. The molecule has 1 aromatic rings. The average molecular weight is 299 g/mol. The van der Waals surface area contributed by atoms with E-state index in [1.807, 2.05) is 38.1 Å². The van der Waals surface area contributed by atoms with Crippen LogP contribution in [0.1, 0.15) is 31.9 Å². The van der Waals surface area contributed by atoms with Gasteiger partial charge in [0.15, 0.2) is 0 Å². The Labute approximate surface area is 111 Å². The van der Waals surface area contributed by atoms with Gasteiger partial charge in [-0.15, -0.1) is 0 Å². The van der Waals surface area contributed by atoms with Crippen LogP contribution in [0.5, 0.6) is 0 Å². The van der Waals surface area contributed by atoms with Gasteiger partial charge in [-0.2, -0.15) is 0 Å². The minimum Gasteiger partial charge on any atom is -0.349 e. The van der Waals surface area contributed by atoms with Crippen LogP contribution in [0.15, 0.2) is 28.7 Å². The highest BCUT2D eigenvalue weighted by molar-refractivity contribution is 9.10. The van der Waals surface area contributed by atoms with Gasteiger partial charge in [0.1, 0.15) is 0 Å². The summed E-state index contributed by atoms with van der Waals surface area (Å²) < 4.78 is 1.01. The zero-order chi connectivity index (χ0) is 12.8. The summed E-state index contributed by atoms with van der Waals surface area (Å²) in [7, 11) is 0. The van der Waals surface area contributed by atoms with Crippen molar-refractivity contribution in [1.29, 1.82) is 0 Å². The van der Waals surface area contributed by atoms with Crippen molar-refractivity contribution in [2.24, 2.45) is 11.7 Å². The molecule has 1 amide bonds. The summed E-state index contributed by atoms with van der Waals surface area (Å²) >= 11 is 3.48. The van der Waals surface area contributed by atoms with E-state index in [0.29, 0.717) is 13.0 Å². The van der Waals surface area contributed by atoms with Crippen molar-refractivity contribution in [3.05, 3.63) is 34.3 Å². The molecule has 1 rings (SSSR count). The van der Waals surface area contributed by atoms with Crippen molar-refractivity contribution in [2.45, 2.75) is 26.3 Å². The number of halogens is 1. The monoisotopic (exact) mass is 298 g/mol. The van der Waals surface area contributed by atoms with E-state index in [4.69, 9.17) is 5.73 Å². The molecule has 17 heavy (non-hydrogen) atoms. The first-order valence-corrected chi connectivity index (χ1v) is 6.60. The zero-order valence-corrected chi connectivity index (χ0v) is 11.8. The molecule has 0 aliphatic heterocycles. The second-order valence-electron chi connectivity index (χ2n) is 4.23. The summed E-state index contributed by atoms with van der Waals surface area (Å²) in [6, 6.07) is 7.90. The summed E-state index contributed by atoms with van der Waals surface area (Å²) in [5.74, 6) is 0.0173. The molecule has 0 heterocycles. The molecule has 0 saturated carbocycles. The van der Waals surface area contributed by atoms with Gasteiger partial charge in [0, 0.05) is 10.4 Å². The predicted molar refractivity (Wildman–Crippen MR) is 73.5 cm³/mol. The zero-order valence-electron chi connectivity index (χ0n) is 10.2. The highest BCUT2D eigenvalue weighted by Crippen LogP contribution is 2.23. The van der Waals surface area contributed by atoms with Crippen LogP contribution in [0.25, 0.3) is 0 Å². The fourth-order valence-corrected chi connectivity index (χ4v) is 2.27. The maximum absolute atomic E-state index is 11.8. The molecule has 3 N–H and O–H groups in total. The first-order chi connectivity index (χ1) is 8.06. The molecule has 0 spiro atoms. The van der Waals surface area contributed by atoms with Gasteiger partial charge in [0.2, 0.25) is 5.91 Å². The lowest BCUT2D eigenvalue weighted by molar-refractivity contribution is -0.125. The first kappa shape index (κ1) is 14.2.